The van der Waals surface area contributed by atoms with Crippen LogP contribution < -0.4 is 0 Å². The maximum atomic E-state index is 12.1. The van der Waals surface area contributed by atoms with Crippen molar-refractivity contribution in [2.24, 2.45) is 7.05 Å². The first-order chi connectivity index (χ1) is 8.00. The molecule has 90 valence electrons. The van der Waals surface area contributed by atoms with Crippen molar-refractivity contribution in [1.29, 1.82) is 0 Å². The standard InChI is InChI=1S/C9H9ClN4O2S/c1-14-7(5-12-13-14)6-17(15,16)9-8(10)3-2-4-11-9/h2-5H,6H2,1H3. The number of pyridine rings is 1. The van der Waals surface area contributed by atoms with Crippen molar-refractivity contribution >= 4 is 21.4 Å². The van der Waals surface area contributed by atoms with E-state index in [2.05, 4.69) is 15.3 Å². The highest BCUT2D eigenvalue weighted by Crippen LogP contribution is 2.21. The van der Waals surface area contributed by atoms with E-state index in [-0.39, 0.29) is 15.8 Å². The molecule has 0 N–H and O–H groups in total. The molecule has 0 aromatic carbocycles. The number of hydrogen-bond acceptors (Lipinski definition) is 5. The number of rotatable bonds is 3. The van der Waals surface area contributed by atoms with Crippen LogP contribution in [0.1, 0.15) is 5.69 Å². The summed E-state index contributed by atoms with van der Waals surface area (Å²) in [6.07, 6.45) is 2.79. The molecule has 0 saturated carbocycles. The quantitative estimate of drug-likeness (QED) is 0.827. The zero-order chi connectivity index (χ0) is 12.5. The molecule has 0 aliphatic rings. The molecule has 8 heteroatoms. The summed E-state index contributed by atoms with van der Waals surface area (Å²) in [5.74, 6) is -0.229. The summed E-state index contributed by atoms with van der Waals surface area (Å²) in [7, 11) is -1.96. The van der Waals surface area contributed by atoms with E-state index in [1.165, 1.54) is 23.1 Å². The van der Waals surface area contributed by atoms with Crippen molar-refractivity contribution in [2.45, 2.75) is 10.8 Å². The van der Waals surface area contributed by atoms with Crippen molar-refractivity contribution < 1.29 is 8.42 Å². The maximum Gasteiger partial charge on any atom is 0.202 e. The Morgan fingerprint density at radius 2 is 2.24 bits per heavy atom. The second-order valence-corrected chi connectivity index (χ2v) is 5.71. The lowest BCUT2D eigenvalue weighted by Crippen LogP contribution is -2.10. The Morgan fingerprint density at radius 1 is 1.47 bits per heavy atom. The molecule has 0 bridgehead atoms. The molecule has 0 spiro atoms. The third-order valence-electron chi connectivity index (χ3n) is 2.17. The third kappa shape index (κ3) is 2.45. The zero-order valence-electron chi connectivity index (χ0n) is 8.91. The fourth-order valence-corrected chi connectivity index (χ4v) is 3.15. The molecule has 0 unspecified atom stereocenters. The van der Waals surface area contributed by atoms with Crippen molar-refractivity contribution in [2.75, 3.05) is 0 Å². The monoisotopic (exact) mass is 272 g/mol. The predicted octanol–water partition coefficient (Wildman–Crippen LogP) is 0.837. The Bertz CT molecular complexity index is 638. The highest BCUT2D eigenvalue weighted by Gasteiger charge is 2.21. The lowest BCUT2D eigenvalue weighted by molar-refractivity contribution is 0.587. The van der Waals surface area contributed by atoms with Gasteiger partial charge in [0.2, 0.25) is 9.84 Å². The van der Waals surface area contributed by atoms with Crippen LogP contribution in [-0.2, 0) is 22.6 Å². The van der Waals surface area contributed by atoms with Gasteiger partial charge in [0.15, 0.2) is 5.03 Å². The summed E-state index contributed by atoms with van der Waals surface area (Å²) in [6, 6.07) is 3.07. The molecular formula is C9H9ClN4O2S. The predicted molar refractivity (Wildman–Crippen MR) is 61.1 cm³/mol. The molecular weight excluding hydrogens is 264 g/mol. The first kappa shape index (κ1) is 12.0. The maximum absolute atomic E-state index is 12.1. The van der Waals surface area contributed by atoms with Gasteiger partial charge < -0.3 is 0 Å². The van der Waals surface area contributed by atoms with Crippen LogP contribution in [0.2, 0.25) is 5.02 Å². The van der Waals surface area contributed by atoms with Gasteiger partial charge in [-0.1, -0.05) is 16.8 Å². The Hall–Kier alpha value is -1.47. The van der Waals surface area contributed by atoms with E-state index in [9.17, 15) is 8.42 Å². The van der Waals surface area contributed by atoms with Crippen LogP contribution in [0.15, 0.2) is 29.6 Å². The highest BCUT2D eigenvalue weighted by molar-refractivity contribution is 7.90. The molecule has 0 atom stereocenters. The van der Waals surface area contributed by atoms with Gasteiger partial charge in [-0.15, -0.1) is 5.10 Å². The van der Waals surface area contributed by atoms with Gasteiger partial charge in [-0.3, -0.25) is 4.68 Å². The number of hydrogen-bond donors (Lipinski definition) is 0. The van der Waals surface area contributed by atoms with E-state index >= 15 is 0 Å². The van der Waals surface area contributed by atoms with Gasteiger partial charge in [-0.05, 0) is 12.1 Å². The van der Waals surface area contributed by atoms with Crippen LogP contribution in [0.25, 0.3) is 0 Å². The first-order valence-corrected chi connectivity index (χ1v) is 6.70. The first-order valence-electron chi connectivity index (χ1n) is 4.67. The van der Waals surface area contributed by atoms with Crippen LogP contribution in [-0.4, -0.2) is 28.4 Å². The van der Waals surface area contributed by atoms with Gasteiger partial charge in [-0.25, -0.2) is 13.4 Å². The van der Waals surface area contributed by atoms with Crippen molar-refractivity contribution in [1.82, 2.24) is 20.0 Å². The Balaban J connectivity index is 2.39. The van der Waals surface area contributed by atoms with Gasteiger partial charge in [0, 0.05) is 13.2 Å². The molecule has 0 saturated heterocycles. The summed E-state index contributed by atoms with van der Waals surface area (Å²) < 4.78 is 25.5. The minimum absolute atomic E-state index is 0.114. The highest BCUT2D eigenvalue weighted by atomic mass is 35.5. The molecule has 0 radical (unpaired) electrons. The smallest absolute Gasteiger partial charge is 0.202 e. The molecule has 0 aliphatic heterocycles. The fraction of sp³-hybridized carbons (Fsp3) is 0.222. The fourth-order valence-electron chi connectivity index (χ4n) is 1.30. The number of nitrogens with zero attached hydrogens (tertiary/aromatic N) is 4. The average molecular weight is 273 g/mol. The molecule has 17 heavy (non-hydrogen) atoms. The molecule has 2 rings (SSSR count). The second kappa shape index (κ2) is 4.42. The van der Waals surface area contributed by atoms with Crippen LogP contribution >= 0.6 is 11.6 Å². The van der Waals surface area contributed by atoms with Gasteiger partial charge in [0.1, 0.15) is 0 Å². The van der Waals surface area contributed by atoms with Crippen molar-refractivity contribution in [3.05, 3.63) is 35.2 Å². The van der Waals surface area contributed by atoms with Crippen LogP contribution in [0.5, 0.6) is 0 Å². The van der Waals surface area contributed by atoms with E-state index in [4.69, 9.17) is 11.6 Å². The molecule has 0 amide bonds. The van der Waals surface area contributed by atoms with Gasteiger partial charge >= 0.3 is 0 Å². The molecule has 0 fully saturated rings. The molecule has 2 aromatic rings. The van der Waals surface area contributed by atoms with Gasteiger partial charge in [-0.2, -0.15) is 0 Å². The van der Waals surface area contributed by atoms with Crippen molar-refractivity contribution in [3.8, 4) is 0 Å². The lowest BCUT2D eigenvalue weighted by atomic mass is 10.5. The minimum atomic E-state index is -3.58. The Kier molecular flexibility index (Phi) is 3.12. The number of sulfone groups is 1. The van der Waals surface area contributed by atoms with Gasteiger partial charge in [0.25, 0.3) is 0 Å². The number of aromatic nitrogens is 4. The lowest BCUT2D eigenvalue weighted by Gasteiger charge is -2.04. The summed E-state index contributed by atoms with van der Waals surface area (Å²) in [5, 5.41) is 7.27. The summed E-state index contributed by atoms with van der Waals surface area (Å²) >= 11 is 5.81. The second-order valence-electron chi connectivity index (χ2n) is 3.40. The Morgan fingerprint density at radius 3 is 2.82 bits per heavy atom. The molecule has 0 aliphatic carbocycles. The van der Waals surface area contributed by atoms with Crippen LogP contribution in [0.3, 0.4) is 0 Å². The summed E-state index contributed by atoms with van der Waals surface area (Å²) in [4.78, 5) is 3.79. The van der Waals surface area contributed by atoms with Gasteiger partial charge in [0.05, 0.1) is 22.7 Å². The van der Waals surface area contributed by atoms with E-state index in [0.717, 1.165) is 0 Å². The van der Waals surface area contributed by atoms with Crippen LogP contribution in [0.4, 0.5) is 0 Å². The number of halogens is 1. The third-order valence-corrected chi connectivity index (χ3v) is 4.17. The largest absolute Gasteiger partial charge is 0.251 e. The van der Waals surface area contributed by atoms with E-state index in [0.29, 0.717) is 5.69 Å². The summed E-state index contributed by atoms with van der Waals surface area (Å²) in [5.41, 5.74) is 0.478. The minimum Gasteiger partial charge on any atom is -0.251 e. The van der Waals surface area contributed by atoms with E-state index in [1.54, 1.807) is 13.1 Å². The normalized spacial score (nSPS) is 11.6. The van der Waals surface area contributed by atoms with E-state index in [1.807, 2.05) is 0 Å². The number of aryl methyl sites for hydroxylation is 1. The average Bonchev–Trinajstić information content (AvgIpc) is 2.64. The zero-order valence-corrected chi connectivity index (χ0v) is 10.5. The SMILES string of the molecule is Cn1nncc1CS(=O)(=O)c1ncccc1Cl. The molecule has 2 aromatic heterocycles. The molecule has 2 heterocycles. The summed E-state index contributed by atoms with van der Waals surface area (Å²) in [6.45, 7) is 0. The van der Waals surface area contributed by atoms with Crippen molar-refractivity contribution in [3.63, 3.8) is 0 Å². The van der Waals surface area contributed by atoms with Crippen LogP contribution in [0, 0.1) is 0 Å². The topological polar surface area (TPSA) is 77.7 Å². The Labute approximate surface area is 103 Å². The van der Waals surface area contributed by atoms with E-state index < -0.39 is 9.84 Å². The molecule has 6 nitrogen and oxygen atoms in total.